The van der Waals surface area contributed by atoms with Crippen LogP contribution < -0.4 is 5.32 Å². The summed E-state index contributed by atoms with van der Waals surface area (Å²) in [6.07, 6.45) is 1.39. The highest BCUT2D eigenvalue weighted by atomic mass is 16.5. The zero-order valence-corrected chi connectivity index (χ0v) is 14.4. The standard InChI is InChI=1S/C18H25N3O4/c1-25-11-17(23)20-12-18(24)5-7-21(10-16(18)22)9-13-2-3-14-4-6-19-15(14)8-13/h2-4,6,8,16,19,22,24H,5,7,9-12H2,1H3,(H,20,23)/t16-,18-/m1/s1. The number of hydrogen-bond acceptors (Lipinski definition) is 5. The second-order valence-corrected chi connectivity index (χ2v) is 6.71. The Hall–Kier alpha value is -1.93. The van der Waals surface area contributed by atoms with Crippen LogP contribution in [-0.2, 0) is 16.1 Å². The summed E-state index contributed by atoms with van der Waals surface area (Å²) >= 11 is 0. The fourth-order valence-corrected chi connectivity index (χ4v) is 3.26. The zero-order chi connectivity index (χ0) is 17.9. The number of methoxy groups -OCH3 is 1. The van der Waals surface area contributed by atoms with Gasteiger partial charge in [-0.15, -0.1) is 0 Å². The number of aliphatic hydroxyl groups is 2. The predicted molar refractivity (Wildman–Crippen MR) is 94.0 cm³/mol. The van der Waals surface area contributed by atoms with Crippen molar-refractivity contribution in [2.45, 2.75) is 24.7 Å². The molecule has 1 aromatic heterocycles. The Labute approximate surface area is 146 Å². The van der Waals surface area contributed by atoms with Gasteiger partial charge in [-0.1, -0.05) is 12.1 Å². The van der Waals surface area contributed by atoms with Crippen LogP contribution in [-0.4, -0.2) is 71.1 Å². The molecule has 7 nitrogen and oxygen atoms in total. The quantitative estimate of drug-likeness (QED) is 0.600. The van der Waals surface area contributed by atoms with E-state index in [1.165, 1.54) is 12.5 Å². The number of β-amino-alcohol motifs (C(OH)–C–C–N with tert-alkyl or cyclic N) is 1. The third-order valence-corrected chi connectivity index (χ3v) is 4.81. The maximum absolute atomic E-state index is 11.5. The first-order chi connectivity index (χ1) is 12.0. The van der Waals surface area contributed by atoms with Gasteiger partial charge in [-0.3, -0.25) is 9.69 Å². The number of piperidine rings is 1. The Morgan fingerprint density at radius 1 is 1.48 bits per heavy atom. The third-order valence-electron chi connectivity index (χ3n) is 4.81. The van der Waals surface area contributed by atoms with Crippen molar-refractivity contribution in [3.63, 3.8) is 0 Å². The molecule has 1 fully saturated rings. The number of amides is 1. The minimum absolute atomic E-state index is 0.0264. The molecule has 136 valence electrons. The molecule has 4 N–H and O–H groups in total. The monoisotopic (exact) mass is 347 g/mol. The van der Waals surface area contributed by atoms with Crippen LogP contribution in [0.3, 0.4) is 0 Å². The van der Waals surface area contributed by atoms with E-state index < -0.39 is 11.7 Å². The van der Waals surface area contributed by atoms with Gasteiger partial charge in [0, 0.05) is 45.0 Å². The summed E-state index contributed by atoms with van der Waals surface area (Å²) in [6, 6.07) is 8.28. The molecule has 0 radical (unpaired) electrons. The minimum Gasteiger partial charge on any atom is -0.389 e. The fraction of sp³-hybridized carbons (Fsp3) is 0.500. The van der Waals surface area contributed by atoms with Gasteiger partial charge in [-0.05, 0) is 29.5 Å². The Bertz CT molecular complexity index is 732. The molecular formula is C18H25N3O4. The second kappa shape index (κ2) is 7.53. The number of carbonyl (C=O) groups excluding carboxylic acids is 1. The van der Waals surface area contributed by atoms with E-state index in [1.54, 1.807) is 0 Å². The lowest BCUT2D eigenvalue weighted by molar-refractivity contribution is -0.134. The van der Waals surface area contributed by atoms with Crippen molar-refractivity contribution in [2.24, 2.45) is 0 Å². The molecule has 3 rings (SSSR count). The predicted octanol–water partition coefficient (Wildman–Crippen LogP) is 0.228. The number of nitrogens with zero attached hydrogens (tertiary/aromatic N) is 1. The van der Waals surface area contributed by atoms with Gasteiger partial charge in [0.1, 0.15) is 12.2 Å². The molecule has 0 bridgehead atoms. The van der Waals surface area contributed by atoms with E-state index in [0.29, 0.717) is 26.1 Å². The summed E-state index contributed by atoms with van der Waals surface area (Å²) in [4.78, 5) is 16.8. The lowest BCUT2D eigenvalue weighted by Crippen LogP contribution is -2.60. The van der Waals surface area contributed by atoms with Crippen LogP contribution in [0.5, 0.6) is 0 Å². The number of hydrogen-bond donors (Lipinski definition) is 4. The number of likely N-dealkylation sites (tertiary alicyclic amines) is 1. The maximum atomic E-state index is 11.5. The summed E-state index contributed by atoms with van der Waals surface area (Å²) in [5.74, 6) is -0.301. The number of carbonyl (C=O) groups is 1. The van der Waals surface area contributed by atoms with Crippen LogP contribution in [0.1, 0.15) is 12.0 Å². The molecule has 1 aliphatic rings. The number of aliphatic hydroxyl groups excluding tert-OH is 1. The zero-order valence-electron chi connectivity index (χ0n) is 14.4. The van der Waals surface area contributed by atoms with Crippen molar-refractivity contribution in [3.8, 4) is 0 Å². The Kier molecular flexibility index (Phi) is 5.39. The number of benzene rings is 1. The Morgan fingerprint density at radius 3 is 3.08 bits per heavy atom. The Balaban J connectivity index is 1.56. The van der Waals surface area contributed by atoms with Gasteiger partial charge in [-0.25, -0.2) is 0 Å². The van der Waals surface area contributed by atoms with Crippen LogP contribution >= 0.6 is 0 Å². The van der Waals surface area contributed by atoms with E-state index >= 15 is 0 Å². The van der Waals surface area contributed by atoms with E-state index in [9.17, 15) is 15.0 Å². The number of aromatic amines is 1. The average Bonchev–Trinajstić information content (AvgIpc) is 3.05. The molecule has 1 aliphatic heterocycles. The van der Waals surface area contributed by atoms with Gasteiger partial charge in [0.05, 0.1) is 6.10 Å². The van der Waals surface area contributed by atoms with E-state index in [0.717, 1.165) is 11.1 Å². The Morgan fingerprint density at radius 2 is 2.32 bits per heavy atom. The molecule has 1 amide bonds. The molecule has 2 atom stereocenters. The van der Waals surface area contributed by atoms with E-state index in [1.807, 2.05) is 12.3 Å². The van der Waals surface area contributed by atoms with Gasteiger partial charge in [0.15, 0.2) is 0 Å². The highest BCUT2D eigenvalue weighted by Gasteiger charge is 2.40. The molecule has 2 aromatic rings. The van der Waals surface area contributed by atoms with Crippen LogP contribution in [0.25, 0.3) is 10.9 Å². The van der Waals surface area contributed by atoms with Crippen LogP contribution in [0, 0.1) is 0 Å². The number of rotatable bonds is 6. The first-order valence-electron chi connectivity index (χ1n) is 8.44. The third kappa shape index (κ3) is 4.19. The summed E-state index contributed by atoms with van der Waals surface area (Å²) in [6.45, 7) is 1.69. The molecule has 1 saturated heterocycles. The number of fused-ring (bicyclic) bond motifs is 1. The fourth-order valence-electron chi connectivity index (χ4n) is 3.26. The lowest BCUT2D eigenvalue weighted by atomic mass is 9.88. The van der Waals surface area contributed by atoms with Crippen LogP contribution in [0.15, 0.2) is 30.5 Å². The molecule has 0 saturated carbocycles. The van der Waals surface area contributed by atoms with Gasteiger partial charge < -0.3 is 25.3 Å². The van der Waals surface area contributed by atoms with Crippen molar-refractivity contribution in [1.29, 1.82) is 0 Å². The molecular weight excluding hydrogens is 322 g/mol. The second-order valence-electron chi connectivity index (χ2n) is 6.71. The largest absolute Gasteiger partial charge is 0.389 e. The topological polar surface area (TPSA) is 97.8 Å². The van der Waals surface area contributed by atoms with Crippen molar-refractivity contribution < 1.29 is 19.7 Å². The number of nitrogens with one attached hydrogen (secondary N) is 2. The summed E-state index contributed by atoms with van der Waals surface area (Å²) in [7, 11) is 1.44. The molecule has 0 unspecified atom stereocenters. The van der Waals surface area contributed by atoms with Crippen LogP contribution in [0.4, 0.5) is 0 Å². The first-order valence-corrected chi connectivity index (χ1v) is 8.44. The number of aromatic nitrogens is 1. The normalized spacial score (nSPS) is 24.5. The minimum atomic E-state index is -1.30. The molecule has 25 heavy (non-hydrogen) atoms. The summed E-state index contributed by atoms with van der Waals surface area (Å²) in [5.41, 5.74) is 0.942. The van der Waals surface area contributed by atoms with Gasteiger partial charge in [-0.2, -0.15) is 0 Å². The summed E-state index contributed by atoms with van der Waals surface area (Å²) in [5, 5.41) is 24.8. The maximum Gasteiger partial charge on any atom is 0.246 e. The molecule has 7 heteroatoms. The first kappa shape index (κ1) is 17.9. The van der Waals surface area contributed by atoms with Gasteiger partial charge >= 0.3 is 0 Å². The average molecular weight is 347 g/mol. The van der Waals surface area contributed by atoms with Gasteiger partial charge in [0.2, 0.25) is 5.91 Å². The number of ether oxygens (including phenoxy) is 1. The molecule has 1 aromatic carbocycles. The van der Waals surface area contributed by atoms with Crippen molar-refractivity contribution >= 4 is 16.8 Å². The lowest BCUT2D eigenvalue weighted by Gasteiger charge is -2.42. The van der Waals surface area contributed by atoms with E-state index in [-0.39, 0.29) is 19.1 Å². The highest BCUT2D eigenvalue weighted by Crippen LogP contribution is 2.24. The molecule has 0 spiro atoms. The van der Waals surface area contributed by atoms with Crippen molar-refractivity contribution in [3.05, 3.63) is 36.0 Å². The smallest absolute Gasteiger partial charge is 0.246 e. The van der Waals surface area contributed by atoms with E-state index in [2.05, 4.69) is 33.4 Å². The van der Waals surface area contributed by atoms with Crippen molar-refractivity contribution in [1.82, 2.24) is 15.2 Å². The van der Waals surface area contributed by atoms with Crippen LogP contribution in [0.2, 0.25) is 0 Å². The highest BCUT2D eigenvalue weighted by molar-refractivity contribution is 5.79. The molecule has 2 heterocycles. The molecule has 0 aliphatic carbocycles. The SMILES string of the molecule is COCC(=O)NC[C@]1(O)CCN(Cc2ccc3cc[nH]c3c2)C[C@H]1O. The summed E-state index contributed by atoms with van der Waals surface area (Å²) < 4.78 is 4.74. The van der Waals surface area contributed by atoms with Crippen molar-refractivity contribution in [2.75, 3.05) is 33.4 Å². The number of H-pyrrole nitrogens is 1. The van der Waals surface area contributed by atoms with Gasteiger partial charge in [0.25, 0.3) is 0 Å². The van der Waals surface area contributed by atoms with E-state index in [4.69, 9.17) is 4.74 Å².